The van der Waals surface area contributed by atoms with Crippen LogP contribution in [0.2, 0.25) is 0 Å². The van der Waals surface area contributed by atoms with Crippen LogP contribution in [-0.2, 0) is 11.3 Å². The van der Waals surface area contributed by atoms with Gasteiger partial charge < -0.3 is 10.6 Å². The fourth-order valence-electron chi connectivity index (χ4n) is 3.00. The van der Waals surface area contributed by atoms with Crippen molar-refractivity contribution in [3.8, 4) is 0 Å². The lowest BCUT2D eigenvalue weighted by Crippen LogP contribution is -2.48. The lowest BCUT2D eigenvalue weighted by Gasteiger charge is -2.34. The number of piperidine rings is 1. The number of aromatic nitrogens is 3. The Morgan fingerprint density at radius 3 is 2.91 bits per heavy atom. The van der Waals surface area contributed by atoms with Crippen LogP contribution >= 0.6 is 11.8 Å². The lowest BCUT2D eigenvalue weighted by molar-refractivity contribution is -0.134. The Morgan fingerprint density at radius 1 is 1.50 bits per heavy atom. The van der Waals surface area contributed by atoms with E-state index in [2.05, 4.69) is 10.1 Å². The highest BCUT2D eigenvalue weighted by molar-refractivity contribution is 7.98. The topological polar surface area (TPSA) is 77.0 Å². The summed E-state index contributed by atoms with van der Waals surface area (Å²) in [4.78, 5) is 18.7. The number of aryl methyl sites for hydroxylation is 2. The molecular formula is C15H27N5OS. The molecule has 1 aliphatic rings. The van der Waals surface area contributed by atoms with Crippen LogP contribution in [-0.4, -0.2) is 56.7 Å². The maximum absolute atomic E-state index is 12.4. The zero-order chi connectivity index (χ0) is 16.1. The lowest BCUT2D eigenvalue weighted by atomic mass is 9.97. The number of carbonyl (C=O) groups excluding carboxylic acids is 1. The molecule has 1 saturated heterocycles. The number of nitrogens with zero attached hydrogens (tertiary/aromatic N) is 4. The minimum atomic E-state index is -0.360. The Kier molecular flexibility index (Phi) is 6.26. The summed E-state index contributed by atoms with van der Waals surface area (Å²) in [5.74, 6) is 3.22. The van der Waals surface area contributed by atoms with Gasteiger partial charge in [0.1, 0.15) is 11.6 Å². The summed E-state index contributed by atoms with van der Waals surface area (Å²) in [5.41, 5.74) is 6.03. The number of rotatable bonds is 6. The van der Waals surface area contributed by atoms with Crippen molar-refractivity contribution in [2.24, 2.45) is 11.7 Å². The normalized spacial score (nSPS) is 20.2. The molecule has 0 spiro atoms. The number of amides is 1. The summed E-state index contributed by atoms with van der Waals surface area (Å²) in [6.07, 6.45) is 4.96. The summed E-state index contributed by atoms with van der Waals surface area (Å²) >= 11 is 1.73. The van der Waals surface area contributed by atoms with Gasteiger partial charge in [0.15, 0.2) is 0 Å². The Hall–Kier alpha value is -1.08. The zero-order valence-corrected chi connectivity index (χ0v) is 14.6. The first-order valence-electron chi connectivity index (χ1n) is 7.92. The van der Waals surface area contributed by atoms with E-state index in [4.69, 9.17) is 5.73 Å². The molecular weight excluding hydrogens is 298 g/mol. The summed E-state index contributed by atoms with van der Waals surface area (Å²) in [5, 5.41) is 4.42. The third-order valence-electron chi connectivity index (χ3n) is 4.17. The summed E-state index contributed by atoms with van der Waals surface area (Å²) in [7, 11) is 0. The van der Waals surface area contributed by atoms with Crippen molar-refractivity contribution in [3.05, 3.63) is 11.6 Å². The molecule has 2 atom stereocenters. The van der Waals surface area contributed by atoms with E-state index < -0.39 is 0 Å². The molecule has 0 aromatic carbocycles. The SMILES string of the molecule is CSCC[C@H](N)C(=O)N1CCCC(Cn2nc(C)nc2C)C1. The molecule has 2 rings (SSSR count). The van der Waals surface area contributed by atoms with E-state index >= 15 is 0 Å². The molecule has 0 bridgehead atoms. The molecule has 124 valence electrons. The minimum absolute atomic E-state index is 0.102. The Balaban J connectivity index is 1.91. The third kappa shape index (κ3) is 4.46. The highest BCUT2D eigenvalue weighted by Crippen LogP contribution is 2.19. The molecule has 0 aliphatic carbocycles. The van der Waals surface area contributed by atoms with E-state index in [0.29, 0.717) is 5.92 Å². The number of thioether (sulfide) groups is 1. The first kappa shape index (κ1) is 17.3. The van der Waals surface area contributed by atoms with Crippen molar-refractivity contribution in [1.82, 2.24) is 19.7 Å². The van der Waals surface area contributed by atoms with E-state index in [1.165, 1.54) is 0 Å². The highest BCUT2D eigenvalue weighted by Gasteiger charge is 2.27. The van der Waals surface area contributed by atoms with Crippen LogP contribution in [0, 0.1) is 19.8 Å². The predicted octanol–water partition coefficient (Wildman–Crippen LogP) is 1.21. The van der Waals surface area contributed by atoms with Gasteiger partial charge in [-0.15, -0.1) is 0 Å². The second kappa shape index (κ2) is 7.97. The molecule has 1 aromatic heterocycles. The average Bonchev–Trinajstić information content (AvgIpc) is 2.82. The van der Waals surface area contributed by atoms with Gasteiger partial charge in [0.05, 0.1) is 6.04 Å². The van der Waals surface area contributed by atoms with E-state index in [1.54, 1.807) is 11.8 Å². The third-order valence-corrected chi connectivity index (χ3v) is 4.82. The number of likely N-dealkylation sites (tertiary alicyclic amines) is 1. The van der Waals surface area contributed by atoms with Gasteiger partial charge in [0.2, 0.25) is 5.91 Å². The quantitative estimate of drug-likeness (QED) is 0.851. The van der Waals surface area contributed by atoms with Crippen molar-refractivity contribution in [3.63, 3.8) is 0 Å². The van der Waals surface area contributed by atoms with Gasteiger partial charge >= 0.3 is 0 Å². The second-order valence-corrected chi connectivity index (χ2v) is 7.05. The molecule has 1 amide bonds. The van der Waals surface area contributed by atoms with Crippen molar-refractivity contribution < 1.29 is 4.79 Å². The van der Waals surface area contributed by atoms with Gasteiger partial charge in [0, 0.05) is 19.6 Å². The van der Waals surface area contributed by atoms with Crippen molar-refractivity contribution >= 4 is 17.7 Å². The maximum atomic E-state index is 12.4. The molecule has 2 heterocycles. The summed E-state index contributed by atoms with van der Waals surface area (Å²) < 4.78 is 1.96. The molecule has 22 heavy (non-hydrogen) atoms. The van der Waals surface area contributed by atoms with E-state index in [0.717, 1.165) is 56.3 Å². The Bertz CT molecular complexity index is 504. The fourth-order valence-corrected chi connectivity index (χ4v) is 3.49. The Labute approximate surface area is 136 Å². The van der Waals surface area contributed by atoms with Gasteiger partial charge in [-0.1, -0.05) is 0 Å². The van der Waals surface area contributed by atoms with Crippen LogP contribution in [0.3, 0.4) is 0 Å². The molecule has 1 fully saturated rings. The summed E-state index contributed by atoms with van der Waals surface area (Å²) in [6, 6.07) is -0.360. The monoisotopic (exact) mass is 325 g/mol. The number of hydrogen-bond acceptors (Lipinski definition) is 5. The first-order valence-corrected chi connectivity index (χ1v) is 9.32. The standard InChI is InChI=1S/C15H27N5OS/c1-11-17-12(2)20(18-11)10-13-5-4-7-19(9-13)15(21)14(16)6-8-22-3/h13-14H,4-10,16H2,1-3H3/t13?,14-/m0/s1. The van der Waals surface area contributed by atoms with Crippen LogP contribution in [0.1, 0.15) is 30.9 Å². The average molecular weight is 325 g/mol. The van der Waals surface area contributed by atoms with Crippen molar-refractivity contribution in [2.75, 3.05) is 25.1 Å². The number of carbonyl (C=O) groups is 1. The van der Waals surface area contributed by atoms with Gasteiger partial charge in [-0.2, -0.15) is 16.9 Å². The largest absolute Gasteiger partial charge is 0.341 e. The van der Waals surface area contributed by atoms with E-state index in [-0.39, 0.29) is 11.9 Å². The minimum Gasteiger partial charge on any atom is -0.341 e. The van der Waals surface area contributed by atoms with Gasteiger partial charge in [-0.25, -0.2) is 9.67 Å². The van der Waals surface area contributed by atoms with E-state index in [1.807, 2.05) is 29.7 Å². The van der Waals surface area contributed by atoms with Crippen LogP contribution in [0.15, 0.2) is 0 Å². The van der Waals surface area contributed by atoms with Crippen molar-refractivity contribution in [1.29, 1.82) is 0 Å². The molecule has 7 heteroatoms. The van der Waals surface area contributed by atoms with Gasteiger partial charge in [0.25, 0.3) is 0 Å². The highest BCUT2D eigenvalue weighted by atomic mass is 32.2. The molecule has 6 nitrogen and oxygen atoms in total. The maximum Gasteiger partial charge on any atom is 0.239 e. The molecule has 1 aliphatic heterocycles. The predicted molar refractivity (Wildman–Crippen MR) is 89.8 cm³/mol. The van der Waals surface area contributed by atoms with Crippen LogP contribution in [0.4, 0.5) is 0 Å². The van der Waals surface area contributed by atoms with Crippen LogP contribution in [0.25, 0.3) is 0 Å². The smallest absolute Gasteiger partial charge is 0.239 e. The second-order valence-electron chi connectivity index (χ2n) is 6.07. The van der Waals surface area contributed by atoms with Gasteiger partial charge in [-0.05, 0) is 51.0 Å². The van der Waals surface area contributed by atoms with Crippen molar-refractivity contribution in [2.45, 2.75) is 45.7 Å². The molecule has 1 unspecified atom stereocenters. The van der Waals surface area contributed by atoms with Crippen LogP contribution in [0.5, 0.6) is 0 Å². The number of nitrogens with two attached hydrogens (primary N) is 1. The zero-order valence-electron chi connectivity index (χ0n) is 13.8. The van der Waals surface area contributed by atoms with Gasteiger partial charge in [-0.3, -0.25) is 4.79 Å². The summed E-state index contributed by atoms with van der Waals surface area (Å²) in [6.45, 7) is 6.33. The first-order chi connectivity index (χ1) is 10.5. The number of hydrogen-bond donors (Lipinski definition) is 1. The van der Waals surface area contributed by atoms with Crippen LogP contribution < -0.4 is 5.73 Å². The Morgan fingerprint density at radius 2 is 2.27 bits per heavy atom. The molecule has 0 saturated carbocycles. The van der Waals surface area contributed by atoms with E-state index in [9.17, 15) is 4.79 Å². The molecule has 0 radical (unpaired) electrons. The molecule has 2 N–H and O–H groups in total. The molecule has 1 aromatic rings. The fraction of sp³-hybridized carbons (Fsp3) is 0.800.